The number of thiocarbonyl (C=S) groups is 1. The van der Waals surface area contributed by atoms with Crippen LogP contribution in [0.4, 0.5) is 11.4 Å². The molecule has 0 radical (unpaired) electrons. The molecule has 0 aliphatic rings. The van der Waals surface area contributed by atoms with Crippen LogP contribution in [0, 0.1) is 0 Å². The first kappa shape index (κ1) is 15.5. The van der Waals surface area contributed by atoms with E-state index in [1.54, 1.807) is 0 Å². The minimum Gasteiger partial charge on any atom is -0.332 e. The number of para-hydroxylation sites is 1. The third-order valence-corrected chi connectivity index (χ3v) is 3.78. The van der Waals surface area contributed by atoms with Gasteiger partial charge in [-0.05, 0) is 42.0 Å². The van der Waals surface area contributed by atoms with Crippen molar-refractivity contribution >= 4 is 40.3 Å². The summed E-state index contributed by atoms with van der Waals surface area (Å²) < 4.78 is 0. The number of rotatable bonds is 3. The van der Waals surface area contributed by atoms with Crippen LogP contribution in [0.1, 0.15) is 0 Å². The maximum absolute atomic E-state index is 5.99. The van der Waals surface area contributed by atoms with Crippen molar-refractivity contribution in [2.24, 2.45) is 0 Å². The van der Waals surface area contributed by atoms with Gasteiger partial charge in [0.25, 0.3) is 0 Å². The molecular formula is C19H15ClN2S. The number of hydrogen-bond donors (Lipinski definition) is 2. The van der Waals surface area contributed by atoms with Gasteiger partial charge in [0.05, 0.1) is 0 Å². The van der Waals surface area contributed by atoms with Crippen LogP contribution in [0.2, 0.25) is 5.02 Å². The minimum absolute atomic E-state index is 0.524. The Hall–Kier alpha value is -2.36. The molecule has 0 bridgehead atoms. The second-order valence-corrected chi connectivity index (χ2v) is 5.85. The molecule has 0 aliphatic carbocycles. The molecule has 0 atom stereocenters. The zero-order valence-corrected chi connectivity index (χ0v) is 13.9. The van der Waals surface area contributed by atoms with Crippen LogP contribution in [-0.4, -0.2) is 5.11 Å². The minimum atomic E-state index is 0.524. The second kappa shape index (κ2) is 7.27. The monoisotopic (exact) mass is 338 g/mol. The van der Waals surface area contributed by atoms with Gasteiger partial charge in [0, 0.05) is 22.0 Å². The summed E-state index contributed by atoms with van der Waals surface area (Å²) in [6.07, 6.45) is 0. The van der Waals surface area contributed by atoms with E-state index in [0.717, 1.165) is 22.5 Å². The molecule has 2 nitrogen and oxygen atoms in total. The van der Waals surface area contributed by atoms with Crippen LogP contribution in [0.5, 0.6) is 0 Å². The molecule has 2 N–H and O–H groups in total. The SMILES string of the molecule is S=C(Nc1cccc(Cl)c1)Nc1ccccc1-c1ccccc1. The third-order valence-electron chi connectivity index (χ3n) is 3.34. The predicted molar refractivity (Wildman–Crippen MR) is 103 cm³/mol. The Balaban J connectivity index is 1.79. The van der Waals surface area contributed by atoms with E-state index in [4.69, 9.17) is 23.8 Å². The lowest BCUT2D eigenvalue weighted by Crippen LogP contribution is -2.19. The molecule has 0 aliphatic heterocycles. The van der Waals surface area contributed by atoms with Crippen LogP contribution in [-0.2, 0) is 0 Å². The van der Waals surface area contributed by atoms with Gasteiger partial charge < -0.3 is 10.6 Å². The zero-order valence-electron chi connectivity index (χ0n) is 12.3. The van der Waals surface area contributed by atoms with Gasteiger partial charge in [-0.25, -0.2) is 0 Å². The van der Waals surface area contributed by atoms with Crippen molar-refractivity contribution in [3.05, 3.63) is 83.9 Å². The first-order chi connectivity index (χ1) is 11.2. The Morgan fingerprint density at radius 1 is 0.783 bits per heavy atom. The number of halogens is 1. The lowest BCUT2D eigenvalue weighted by molar-refractivity contribution is 1.57. The molecule has 0 amide bonds. The fourth-order valence-corrected chi connectivity index (χ4v) is 2.73. The number of anilines is 2. The normalized spacial score (nSPS) is 10.1. The van der Waals surface area contributed by atoms with E-state index in [2.05, 4.69) is 28.8 Å². The van der Waals surface area contributed by atoms with Gasteiger partial charge in [0.2, 0.25) is 0 Å². The van der Waals surface area contributed by atoms with Crippen molar-refractivity contribution in [3.63, 3.8) is 0 Å². The highest BCUT2D eigenvalue weighted by molar-refractivity contribution is 7.80. The second-order valence-electron chi connectivity index (χ2n) is 5.00. The molecular weight excluding hydrogens is 324 g/mol. The molecule has 0 saturated heterocycles. The summed E-state index contributed by atoms with van der Waals surface area (Å²) in [6.45, 7) is 0. The van der Waals surface area contributed by atoms with Gasteiger partial charge in [-0.1, -0.05) is 66.2 Å². The maximum atomic E-state index is 5.99. The molecule has 0 heterocycles. The highest BCUT2D eigenvalue weighted by Gasteiger charge is 2.06. The molecule has 4 heteroatoms. The average Bonchev–Trinajstić information content (AvgIpc) is 2.56. The van der Waals surface area contributed by atoms with E-state index in [-0.39, 0.29) is 0 Å². The topological polar surface area (TPSA) is 24.1 Å². The van der Waals surface area contributed by atoms with Gasteiger partial charge in [-0.15, -0.1) is 0 Å². The fourth-order valence-electron chi connectivity index (χ4n) is 2.31. The molecule has 0 spiro atoms. The largest absolute Gasteiger partial charge is 0.332 e. The van der Waals surface area contributed by atoms with E-state index in [1.807, 2.05) is 60.7 Å². The molecule has 3 aromatic carbocycles. The Morgan fingerprint density at radius 2 is 1.52 bits per heavy atom. The molecule has 114 valence electrons. The highest BCUT2D eigenvalue weighted by Crippen LogP contribution is 2.27. The average molecular weight is 339 g/mol. The van der Waals surface area contributed by atoms with Crippen molar-refractivity contribution in [1.29, 1.82) is 0 Å². The molecule has 0 saturated carbocycles. The molecule has 0 unspecified atom stereocenters. The lowest BCUT2D eigenvalue weighted by atomic mass is 10.0. The molecule has 0 aromatic heterocycles. The van der Waals surface area contributed by atoms with E-state index < -0.39 is 0 Å². The standard InChI is InChI=1S/C19H15ClN2S/c20-15-9-6-10-16(13-15)21-19(23)22-18-12-5-4-11-17(18)14-7-2-1-3-8-14/h1-13H,(H2,21,22,23). The quantitative estimate of drug-likeness (QED) is 0.589. The van der Waals surface area contributed by atoms with Crippen molar-refractivity contribution in [1.82, 2.24) is 0 Å². The van der Waals surface area contributed by atoms with E-state index in [1.165, 1.54) is 0 Å². The summed E-state index contributed by atoms with van der Waals surface area (Å²) >= 11 is 11.4. The van der Waals surface area contributed by atoms with Crippen molar-refractivity contribution < 1.29 is 0 Å². The van der Waals surface area contributed by atoms with Crippen LogP contribution in [0.3, 0.4) is 0 Å². The van der Waals surface area contributed by atoms with Gasteiger partial charge in [-0.2, -0.15) is 0 Å². The summed E-state index contributed by atoms with van der Waals surface area (Å²) in [5.41, 5.74) is 4.05. The molecule has 0 fully saturated rings. The fraction of sp³-hybridized carbons (Fsp3) is 0. The Kier molecular flexibility index (Phi) is 4.91. The molecule has 3 aromatic rings. The first-order valence-corrected chi connectivity index (χ1v) is 7.99. The van der Waals surface area contributed by atoms with Crippen molar-refractivity contribution in [3.8, 4) is 11.1 Å². The van der Waals surface area contributed by atoms with Crippen LogP contribution >= 0.6 is 23.8 Å². The molecule has 23 heavy (non-hydrogen) atoms. The van der Waals surface area contributed by atoms with E-state index in [9.17, 15) is 0 Å². The summed E-state index contributed by atoms with van der Waals surface area (Å²) in [5.74, 6) is 0. The number of hydrogen-bond acceptors (Lipinski definition) is 1. The summed E-state index contributed by atoms with van der Waals surface area (Å²) in [4.78, 5) is 0. The first-order valence-electron chi connectivity index (χ1n) is 7.20. The van der Waals surface area contributed by atoms with E-state index >= 15 is 0 Å². The molecule has 3 rings (SSSR count). The van der Waals surface area contributed by atoms with Gasteiger partial charge >= 0.3 is 0 Å². The summed E-state index contributed by atoms with van der Waals surface area (Å²) in [5, 5.41) is 7.59. The predicted octanol–water partition coefficient (Wildman–Crippen LogP) is 5.82. The Bertz CT molecular complexity index is 818. The lowest BCUT2D eigenvalue weighted by Gasteiger charge is -2.14. The van der Waals surface area contributed by atoms with Gasteiger partial charge in [0.15, 0.2) is 5.11 Å². The number of benzene rings is 3. The summed E-state index contributed by atoms with van der Waals surface area (Å²) in [6, 6.07) is 25.7. The Morgan fingerprint density at radius 3 is 2.30 bits per heavy atom. The van der Waals surface area contributed by atoms with Crippen molar-refractivity contribution in [2.45, 2.75) is 0 Å². The number of nitrogens with one attached hydrogen (secondary N) is 2. The van der Waals surface area contributed by atoms with Gasteiger partial charge in [0.1, 0.15) is 0 Å². The smallest absolute Gasteiger partial charge is 0.175 e. The zero-order chi connectivity index (χ0) is 16.1. The highest BCUT2D eigenvalue weighted by atomic mass is 35.5. The van der Waals surface area contributed by atoms with Crippen LogP contribution in [0.15, 0.2) is 78.9 Å². The van der Waals surface area contributed by atoms with E-state index in [0.29, 0.717) is 10.1 Å². The van der Waals surface area contributed by atoms with Gasteiger partial charge in [-0.3, -0.25) is 0 Å². The Labute approximate surface area is 146 Å². The maximum Gasteiger partial charge on any atom is 0.175 e. The van der Waals surface area contributed by atoms with Crippen molar-refractivity contribution in [2.75, 3.05) is 10.6 Å². The third kappa shape index (κ3) is 4.09. The van der Waals surface area contributed by atoms with Crippen LogP contribution in [0.25, 0.3) is 11.1 Å². The van der Waals surface area contributed by atoms with Crippen LogP contribution < -0.4 is 10.6 Å². The summed E-state index contributed by atoms with van der Waals surface area (Å²) in [7, 11) is 0.